The first-order valence-corrected chi connectivity index (χ1v) is 16.4. The van der Waals surface area contributed by atoms with Gasteiger partial charge < -0.3 is 33.9 Å². The lowest BCUT2D eigenvalue weighted by molar-refractivity contribution is 0.0764. The number of hydrogen-bond donors (Lipinski definition) is 1. The molecule has 48 heavy (non-hydrogen) atoms. The third-order valence-corrected chi connectivity index (χ3v) is 10.1. The number of nitrogens with zero attached hydrogens (tertiary/aromatic N) is 3. The second-order valence-corrected chi connectivity index (χ2v) is 13.1. The Morgan fingerprint density at radius 3 is 2.25 bits per heavy atom. The van der Waals surface area contributed by atoms with Crippen LogP contribution in [0.3, 0.4) is 0 Å². The molecule has 4 heterocycles. The van der Waals surface area contributed by atoms with Crippen LogP contribution in [0.15, 0.2) is 59.7 Å². The van der Waals surface area contributed by atoms with Crippen molar-refractivity contribution in [2.75, 3.05) is 46.4 Å². The van der Waals surface area contributed by atoms with Crippen molar-refractivity contribution in [3.05, 3.63) is 71.4 Å². The Labute approximate surface area is 279 Å². The fraction of sp³-hybridized carbons (Fsp3) is 0.378. The van der Waals surface area contributed by atoms with E-state index < -0.39 is 0 Å². The van der Waals surface area contributed by atoms with Gasteiger partial charge in [0.05, 0.1) is 63.1 Å². The zero-order chi connectivity index (χ0) is 33.0. The van der Waals surface area contributed by atoms with Crippen LogP contribution in [0, 0.1) is 5.41 Å². The second-order valence-electron chi connectivity index (χ2n) is 13.1. The summed E-state index contributed by atoms with van der Waals surface area (Å²) in [4.78, 5) is 35.4. The molecule has 2 fully saturated rings. The van der Waals surface area contributed by atoms with E-state index in [9.17, 15) is 9.59 Å². The summed E-state index contributed by atoms with van der Waals surface area (Å²) in [5.41, 5.74) is 4.77. The molecule has 8 rings (SSSR count). The summed E-state index contributed by atoms with van der Waals surface area (Å²) >= 11 is 0. The second kappa shape index (κ2) is 11.8. The van der Waals surface area contributed by atoms with Gasteiger partial charge in [-0.05, 0) is 60.1 Å². The minimum Gasteiger partial charge on any atom is -0.497 e. The summed E-state index contributed by atoms with van der Waals surface area (Å²) in [7, 11) is 4.77. The van der Waals surface area contributed by atoms with Crippen LogP contribution in [0.5, 0.6) is 28.7 Å². The first kappa shape index (κ1) is 30.2. The van der Waals surface area contributed by atoms with Crippen molar-refractivity contribution in [1.82, 2.24) is 9.80 Å². The summed E-state index contributed by atoms with van der Waals surface area (Å²) in [6.07, 6.45) is 8.23. The van der Waals surface area contributed by atoms with Crippen LogP contribution in [-0.2, 0) is 0 Å². The summed E-state index contributed by atoms with van der Waals surface area (Å²) in [6, 6.07) is 15.0. The van der Waals surface area contributed by atoms with E-state index in [-0.39, 0.29) is 24.0 Å². The Balaban J connectivity index is 0.904. The molecule has 11 heteroatoms. The summed E-state index contributed by atoms with van der Waals surface area (Å²) < 4.78 is 28.7. The van der Waals surface area contributed by atoms with E-state index in [0.29, 0.717) is 77.0 Å². The largest absolute Gasteiger partial charge is 0.497 e. The van der Waals surface area contributed by atoms with Crippen LogP contribution >= 0.6 is 0 Å². The molecular formula is C37H38N4O7. The number of amides is 2. The molecule has 0 aromatic heterocycles. The van der Waals surface area contributed by atoms with Crippen LogP contribution in [0.4, 0.5) is 11.4 Å². The maximum atomic E-state index is 13.5. The number of hydrogen-bond acceptors (Lipinski definition) is 9. The third-order valence-electron chi connectivity index (χ3n) is 10.1. The van der Waals surface area contributed by atoms with Crippen molar-refractivity contribution in [2.24, 2.45) is 10.4 Å². The van der Waals surface area contributed by atoms with Gasteiger partial charge in [-0.15, -0.1) is 0 Å². The first-order valence-electron chi connectivity index (χ1n) is 16.4. The highest BCUT2D eigenvalue weighted by Gasteiger charge is 2.53. The van der Waals surface area contributed by atoms with Gasteiger partial charge in [-0.2, -0.15) is 0 Å². The Bertz CT molecular complexity index is 1850. The van der Waals surface area contributed by atoms with E-state index in [4.69, 9.17) is 28.7 Å². The van der Waals surface area contributed by atoms with Crippen molar-refractivity contribution in [2.45, 2.75) is 44.3 Å². The molecule has 1 N–H and O–H groups in total. The van der Waals surface area contributed by atoms with Gasteiger partial charge in [0.2, 0.25) is 0 Å². The highest BCUT2D eigenvalue weighted by atomic mass is 16.5. The monoisotopic (exact) mass is 650 g/mol. The molecule has 1 aliphatic carbocycles. The van der Waals surface area contributed by atoms with Crippen molar-refractivity contribution in [3.63, 3.8) is 0 Å². The number of methoxy groups -OCH3 is 3. The summed E-state index contributed by atoms with van der Waals surface area (Å²) in [5.74, 6) is 2.73. The summed E-state index contributed by atoms with van der Waals surface area (Å²) in [5, 5.41) is 3.51. The molecule has 4 aliphatic heterocycles. The van der Waals surface area contributed by atoms with E-state index in [1.165, 1.54) is 12.8 Å². The van der Waals surface area contributed by atoms with E-state index in [1.807, 2.05) is 47.6 Å². The Morgan fingerprint density at radius 1 is 0.854 bits per heavy atom. The quantitative estimate of drug-likeness (QED) is 0.270. The number of carbonyl (C=O) groups is 2. The molecule has 1 saturated carbocycles. The predicted octanol–water partition coefficient (Wildman–Crippen LogP) is 5.91. The molecule has 5 aliphatic rings. The van der Waals surface area contributed by atoms with E-state index in [0.717, 1.165) is 29.9 Å². The number of rotatable bonds is 10. The molecule has 2 unspecified atom stereocenters. The van der Waals surface area contributed by atoms with Crippen molar-refractivity contribution in [1.29, 1.82) is 0 Å². The maximum Gasteiger partial charge on any atom is 0.261 e. The predicted molar refractivity (Wildman–Crippen MR) is 180 cm³/mol. The lowest BCUT2D eigenvalue weighted by atomic mass is 10.0. The van der Waals surface area contributed by atoms with Crippen LogP contribution < -0.4 is 29.0 Å². The molecule has 1 spiro atoms. The summed E-state index contributed by atoms with van der Waals surface area (Å²) in [6.45, 7) is 1.50. The smallest absolute Gasteiger partial charge is 0.261 e. The molecule has 3 aromatic rings. The number of anilines is 1. The van der Waals surface area contributed by atoms with E-state index in [2.05, 4.69) is 5.32 Å². The SMILES string of the molecule is COc1ccc(C2=CN3C(=O)c4cc(OC)c(OCCCOc5cc6c(cc5OC)C(=O)N5CC7(CC7)CC5C=N6)cc4NC3C2)cc1. The van der Waals surface area contributed by atoms with Gasteiger partial charge in [-0.25, -0.2) is 0 Å². The van der Waals surface area contributed by atoms with Gasteiger partial charge in [0.15, 0.2) is 23.0 Å². The normalized spacial score (nSPS) is 21.0. The number of fused-ring (bicyclic) bond motifs is 4. The molecule has 2 atom stereocenters. The minimum absolute atomic E-state index is 0.000654. The van der Waals surface area contributed by atoms with Crippen molar-refractivity contribution >= 4 is 35.0 Å². The van der Waals surface area contributed by atoms with Gasteiger partial charge >= 0.3 is 0 Å². The fourth-order valence-electron chi connectivity index (χ4n) is 7.22. The molecule has 11 nitrogen and oxygen atoms in total. The maximum absolute atomic E-state index is 13.5. The molecule has 0 bridgehead atoms. The Morgan fingerprint density at radius 2 is 1.56 bits per heavy atom. The lowest BCUT2D eigenvalue weighted by Gasteiger charge is -2.32. The Hall–Kier alpha value is -5.19. The van der Waals surface area contributed by atoms with Gasteiger partial charge in [-0.1, -0.05) is 12.1 Å². The zero-order valence-electron chi connectivity index (χ0n) is 27.3. The molecule has 3 aromatic carbocycles. The van der Waals surface area contributed by atoms with Crippen LogP contribution in [0.25, 0.3) is 5.57 Å². The number of ether oxygens (including phenoxy) is 5. The fourth-order valence-corrected chi connectivity index (χ4v) is 7.22. The Kier molecular flexibility index (Phi) is 7.42. The van der Waals surface area contributed by atoms with Crippen LogP contribution in [-0.4, -0.2) is 81.1 Å². The third kappa shape index (κ3) is 5.27. The minimum atomic E-state index is -0.195. The molecule has 248 valence electrons. The molecule has 1 saturated heterocycles. The highest BCUT2D eigenvalue weighted by Crippen LogP contribution is 2.55. The van der Waals surface area contributed by atoms with E-state index >= 15 is 0 Å². The molecular weight excluding hydrogens is 612 g/mol. The zero-order valence-corrected chi connectivity index (χ0v) is 27.3. The van der Waals surface area contributed by atoms with Gasteiger partial charge in [0.1, 0.15) is 11.9 Å². The number of carbonyl (C=O) groups excluding carboxylic acids is 2. The standard InChI is InChI=1S/C37H38N4O7/c1-44-25-7-5-22(6-8-25)23-13-34-39-29-17-33(31(46-3)15-27(29)35(42)40(34)20-23)48-12-4-11-47-32-16-28-26(14-30(32)45-2)36(43)41-21-37(9-10-37)18-24(41)19-38-28/h5-8,14-17,19-20,24,34,39H,4,9-13,18,21H2,1-3H3. The van der Waals surface area contributed by atoms with Gasteiger partial charge in [0, 0.05) is 43.9 Å². The van der Waals surface area contributed by atoms with Crippen LogP contribution in [0.1, 0.15) is 58.4 Å². The first-order chi connectivity index (χ1) is 23.4. The van der Waals surface area contributed by atoms with Gasteiger partial charge in [-0.3, -0.25) is 19.5 Å². The van der Waals surface area contributed by atoms with Gasteiger partial charge in [0.25, 0.3) is 11.8 Å². The van der Waals surface area contributed by atoms with Crippen molar-refractivity contribution in [3.8, 4) is 28.7 Å². The van der Waals surface area contributed by atoms with Crippen LogP contribution in [0.2, 0.25) is 0 Å². The average molecular weight is 651 g/mol. The number of benzene rings is 3. The topological polar surface area (TPSA) is 111 Å². The number of nitrogens with one attached hydrogen (secondary N) is 1. The lowest BCUT2D eigenvalue weighted by Crippen LogP contribution is -2.42. The number of aliphatic imine (C=N–C) groups is 1. The average Bonchev–Trinajstić information content (AvgIpc) is 3.60. The van der Waals surface area contributed by atoms with Crippen molar-refractivity contribution < 1.29 is 33.3 Å². The highest BCUT2D eigenvalue weighted by molar-refractivity contribution is 6.05. The molecule has 0 radical (unpaired) electrons. The van der Waals surface area contributed by atoms with E-state index in [1.54, 1.807) is 44.4 Å². The molecule has 2 amide bonds.